The van der Waals surface area contributed by atoms with Gasteiger partial charge in [-0.3, -0.25) is 0 Å². The van der Waals surface area contributed by atoms with E-state index in [0.717, 1.165) is 22.9 Å². The molecule has 1 aromatic carbocycles. The first-order valence-electron chi connectivity index (χ1n) is 4.48. The minimum Gasteiger partial charge on any atom is -0.493 e. The third-order valence-electron chi connectivity index (χ3n) is 2.17. The lowest BCUT2D eigenvalue weighted by atomic mass is 10.2. The molecule has 0 unspecified atom stereocenters. The highest BCUT2D eigenvalue weighted by Gasteiger charge is 2.19. The predicted octanol–water partition coefficient (Wildman–Crippen LogP) is 2.88. The summed E-state index contributed by atoms with van der Waals surface area (Å²) in [6.07, 6.45) is 0. The average molecular weight is 230 g/mol. The normalized spacial score (nSPS) is 16.1. The van der Waals surface area contributed by atoms with E-state index in [1.807, 2.05) is 30.0 Å². The quantitative estimate of drug-likeness (QED) is 0.861. The second-order valence-electron chi connectivity index (χ2n) is 3.20. The zero-order valence-corrected chi connectivity index (χ0v) is 9.49. The van der Waals surface area contributed by atoms with Crippen LogP contribution >= 0.6 is 23.4 Å². The van der Waals surface area contributed by atoms with Crippen LogP contribution in [0.1, 0.15) is 0 Å². The van der Waals surface area contributed by atoms with Crippen LogP contribution in [0.3, 0.4) is 0 Å². The van der Waals surface area contributed by atoms with Gasteiger partial charge in [0, 0.05) is 17.5 Å². The first-order valence-corrected chi connectivity index (χ1v) is 6.01. The van der Waals surface area contributed by atoms with Gasteiger partial charge < -0.3 is 10.1 Å². The number of anilines is 1. The Balaban J connectivity index is 2.17. The zero-order chi connectivity index (χ0) is 9.97. The highest BCUT2D eigenvalue weighted by atomic mass is 35.5. The van der Waals surface area contributed by atoms with Gasteiger partial charge in [0.25, 0.3) is 0 Å². The second kappa shape index (κ2) is 4.32. The van der Waals surface area contributed by atoms with E-state index in [4.69, 9.17) is 16.3 Å². The largest absolute Gasteiger partial charge is 0.493 e. The van der Waals surface area contributed by atoms with Crippen molar-refractivity contribution in [1.82, 2.24) is 0 Å². The standard InChI is InChI=1S/C10H12ClNOS/c1-13-10-8(11)3-2-4-9(10)12-7-5-14-6-7/h2-4,7,12H,5-6H2,1H3. The number of thioether (sulfide) groups is 1. The lowest BCUT2D eigenvalue weighted by molar-refractivity contribution is 0.416. The van der Waals surface area contributed by atoms with Crippen LogP contribution in [0, 0.1) is 0 Å². The van der Waals surface area contributed by atoms with Gasteiger partial charge in [-0.2, -0.15) is 11.8 Å². The Hall–Kier alpha value is -0.540. The van der Waals surface area contributed by atoms with Crippen molar-refractivity contribution in [2.45, 2.75) is 6.04 Å². The molecule has 1 saturated heterocycles. The number of halogens is 1. The molecular formula is C10H12ClNOS. The van der Waals surface area contributed by atoms with Crippen molar-refractivity contribution in [2.24, 2.45) is 0 Å². The molecule has 0 saturated carbocycles. The van der Waals surface area contributed by atoms with Gasteiger partial charge in [0.15, 0.2) is 5.75 Å². The van der Waals surface area contributed by atoms with E-state index in [9.17, 15) is 0 Å². The Morgan fingerprint density at radius 1 is 1.50 bits per heavy atom. The molecule has 0 bridgehead atoms. The van der Waals surface area contributed by atoms with Crippen LogP contribution in [0.5, 0.6) is 5.75 Å². The maximum atomic E-state index is 6.00. The molecule has 1 fully saturated rings. The first-order chi connectivity index (χ1) is 6.81. The highest BCUT2D eigenvalue weighted by molar-refractivity contribution is 8.00. The summed E-state index contributed by atoms with van der Waals surface area (Å²) in [5, 5.41) is 4.07. The SMILES string of the molecule is COc1c(Cl)cccc1NC1CSC1. The first kappa shape index (κ1) is 9.99. The summed E-state index contributed by atoms with van der Waals surface area (Å²) in [6, 6.07) is 6.32. The van der Waals surface area contributed by atoms with Gasteiger partial charge in [0.2, 0.25) is 0 Å². The summed E-state index contributed by atoms with van der Waals surface area (Å²) in [6.45, 7) is 0. The zero-order valence-electron chi connectivity index (χ0n) is 7.92. The maximum absolute atomic E-state index is 6.00. The monoisotopic (exact) mass is 229 g/mol. The Morgan fingerprint density at radius 2 is 2.29 bits per heavy atom. The fourth-order valence-electron chi connectivity index (χ4n) is 1.37. The molecule has 1 aliphatic rings. The van der Waals surface area contributed by atoms with Crippen molar-refractivity contribution >= 4 is 29.1 Å². The Morgan fingerprint density at radius 3 is 2.86 bits per heavy atom. The fraction of sp³-hybridized carbons (Fsp3) is 0.400. The van der Waals surface area contributed by atoms with Crippen LogP contribution in [0.25, 0.3) is 0 Å². The third kappa shape index (κ3) is 1.93. The van der Waals surface area contributed by atoms with Gasteiger partial charge in [-0.15, -0.1) is 0 Å². The van der Waals surface area contributed by atoms with E-state index in [1.165, 1.54) is 0 Å². The molecule has 0 radical (unpaired) electrons. The van der Waals surface area contributed by atoms with Crippen LogP contribution in [0.15, 0.2) is 18.2 Å². The predicted molar refractivity (Wildman–Crippen MR) is 62.7 cm³/mol. The van der Waals surface area contributed by atoms with E-state index in [0.29, 0.717) is 11.1 Å². The molecule has 0 aliphatic carbocycles. The Bertz CT molecular complexity index is 328. The Kier molecular flexibility index (Phi) is 3.08. The van der Waals surface area contributed by atoms with Crippen LogP contribution in [-0.2, 0) is 0 Å². The number of hydrogen-bond donors (Lipinski definition) is 1. The summed E-state index contributed by atoms with van der Waals surface area (Å²) in [7, 11) is 1.64. The summed E-state index contributed by atoms with van der Waals surface area (Å²) >= 11 is 7.95. The van der Waals surface area contributed by atoms with Crippen molar-refractivity contribution in [2.75, 3.05) is 23.9 Å². The molecule has 2 rings (SSSR count). The summed E-state index contributed by atoms with van der Waals surface area (Å²) in [5.74, 6) is 3.07. The number of methoxy groups -OCH3 is 1. The van der Waals surface area contributed by atoms with Crippen LogP contribution in [0.4, 0.5) is 5.69 Å². The minimum absolute atomic E-state index is 0.562. The molecule has 4 heteroatoms. The number of ether oxygens (including phenoxy) is 1. The smallest absolute Gasteiger partial charge is 0.160 e. The van der Waals surface area contributed by atoms with Gasteiger partial charge in [-0.1, -0.05) is 17.7 Å². The van der Waals surface area contributed by atoms with Crippen LogP contribution in [-0.4, -0.2) is 24.7 Å². The van der Waals surface area contributed by atoms with Crippen LogP contribution in [0.2, 0.25) is 5.02 Å². The summed E-state index contributed by atoms with van der Waals surface area (Å²) < 4.78 is 5.24. The van der Waals surface area contributed by atoms with Crippen molar-refractivity contribution in [1.29, 1.82) is 0 Å². The molecule has 1 aliphatic heterocycles. The maximum Gasteiger partial charge on any atom is 0.160 e. The summed E-state index contributed by atoms with van der Waals surface area (Å²) in [4.78, 5) is 0. The fourth-order valence-corrected chi connectivity index (χ4v) is 2.26. The van der Waals surface area contributed by atoms with Crippen LogP contribution < -0.4 is 10.1 Å². The number of benzene rings is 1. The van der Waals surface area contributed by atoms with E-state index in [2.05, 4.69) is 5.32 Å². The minimum atomic E-state index is 0.562. The molecule has 0 atom stereocenters. The second-order valence-corrected chi connectivity index (χ2v) is 4.68. The third-order valence-corrected chi connectivity index (χ3v) is 3.74. The topological polar surface area (TPSA) is 21.3 Å². The van der Waals surface area contributed by atoms with Crippen molar-refractivity contribution in [3.63, 3.8) is 0 Å². The van der Waals surface area contributed by atoms with E-state index in [1.54, 1.807) is 7.11 Å². The van der Waals surface area contributed by atoms with Gasteiger partial charge >= 0.3 is 0 Å². The van der Waals surface area contributed by atoms with Crippen molar-refractivity contribution in [3.05, 3.63) is 23.2 Å². The molecule has 14 heavy (non-hydrogen) atoms. The molecule has 2 nitrogen and oxygen atoms in total. The molecular weight excluding hydrogens is 218 g/mol. The number of nitrogens with one attached hydrogen (secondary N) is 1. The van der Waals surface area contributed by atoms with E-state index in [-0.39, 0.29) is 0 Å². The molecule has 1 heterocycles. The molecule has 1 aromatic rings. The van der Waals surface area contributed by atoms with Gasteiger partial charge in [-0.25, -0.2) is 0 Å². The van der Waals surface area contributed by atoms with Gasteiger partial charge in [-0.05, 0) is 12.1 Å². The van der Waals surface area contributed by atoms with E-state index >= 15 is 0 Å². The van der Waals surface area contributed by atoms with Gasteiger partial charge in [0.1, 0.15) is 0 Å². The van der Waals surface area contributed by atoms with Crippen molar-refractivity contribution < 1.29 is 4.74 Å². The number of rotatable bonds is 3. The Labute approximate surface area is 93.0 Å². The lowest BCUT2D eigenvalue weighted by Crippen LogP contribution is -2.33. The number of hydrogen-bond acceptors (Lipinski definition) is 3. The summed E-state index contributed by atoms with van der Waals surface area (Å²) in [5.41, 5.74) is 0.991. The lowest BCUT2D eigenvalue weighted by Gasteiger charge is -2.27. The molecule has 0 aromatic heterocycles. The average Bonchev–Trinajstić information content (AvgIpc) is 2.11. The van der Waals surface area contributed by atoms with E-state index < -0.39 is 0 Å². The van der Waals surface area contributed by atoms with Crippen molar-refractivity contribution in [3.8, 4) is 5.75 Å². The molecule has 76 valence electrons. The van der Waals surface area contributed by atoms with Gasteiger partial charge in [0.05, 0.1) is 17.8 Å². The molecule has 0 amide bonds. The molecule has 0 spiro atoms. The molecule has 1 N–H and O–H groups in total. The highest BCUT2D eigenvalue weighted by Crippen LogP contribution is 2.34. The number of para-hydroxylation sites is 1.